The van der Waals surface area contributed by atoms with Crippen molar-refractivity contribution in [1.82, 2.24) is 9.97 Å². The van der Waals surface area contributed by atoms with Crippen LogP contribution >= 0.6 is 11.3 Å². The second kappa shape index (κ2) is 6.78. The quantitative estimate of drug-likeness (QED) is 0.649. The highest BCUT2D eigenvalue weighted by molar-refractivity contribution is 7.19. The Hall–Kier alpha value is -2.51. The lowest BCUT2D eigenvalue weighted by Gasteiger charge is -2.19. The van der Waals surface area contributed by atoms with Gasteiger partial charge in [-0.3, -0.25) is 0 Å². The Morgan fingerprint density at radius 1 is 1.20 bits per heavy atom. The molecule has 2 atom stereocenters. The Morgan fingerprint density at radius 2 is 1.88 bits per heavy atom. The largest absolute Gasteiger partial charge is 0.480 e. The van der Waals surface area contributed by atoms with Gasteiger partial charge in [0.15, 0.2) is 6.04 Å². The van der Waals surface area contributed by atoms with Gasteiger partial charge in [-0.1, -0.05) is 30.3 Å². The number of benzene rings is 1. The SMILES string of the molecule is Cc1nc(NC(C(=O)O)C(C)O)c2c(-c3ccccc3)c(C)sc2n1. The lowest BCUT2D eigenvalue weighted by atomic mass is 10.0. The van der Waals surface area contributed by atoms with Crippen molar-refractivity contribution in [2.75, 3.05) is 5.32 Å². The van der Waals surface area contributed by atoms with Crippen molar-refractivity contribution < 1.29 is 15.0 Å². The molecule has 0 fully saturated rings. The van der Waals surface area contributed by atoms with E-state index in [9.17, 15) is 15.0 Å². The summed E-state index contributed by atoms with van der Waals surface area (Å²) in [5, 5.41) is 22.8. The molecule has 130 valence electrons. The number of thiophene rings is 1. The minimum absolute atomic E-state index is 0.430. The average molecular weight is 357 g/mol. The number of carbonyl (C=O) groups is 1. The summed E-state index contributed by atoms with van der Waals surface area (Å²) in [5.41, 5.74) is 2.00. The monoisotopic (exact) mass is 357 g/mol. The maximum absolute atomic E-state index is 11.5. The third kappa shape index (κ3) is 3.33. The molecule has 7 heteroatoms. The third-order valence-electron chi connectivity index (χ3n) is 3.94. The maximum Gasteiger partial charge on any atom is 0.328 e. The van der Waals surface area contributed by atoms with Crippen molar-refractivity contribution in [3.8, 4) is 11.1 Å². The van der Waals surface area contributed by atoms with Crippen LogP contribution in [0.25, 0.3) is 21.3 Å². The fourth-order valence-electron chi connectivity index (χ4n) is 2.81. The van der Waals surface area contributed by atoms with E-state index in [1.54, 1.807) is 18.3 Å². The second-order valence-corrected chi connectivity index (χ2v) is 7.10. The van der Waals surface area contributed by atoms with Crippen LogP contribution in [-0.2, 0) is 4.79 Å². The molecule has 6 nitrogen and oxygen atoms in total. The van der Waals surface area contributed by atoms with E-state index in [1.165, 1.54) is 6.92 Å². The van der Waals surface area contributed by atoms with Gasteiger partial charge in [0.25, 0.3) is 0 Å². The predicted octanol–water partition coefficient (Wildman–Crippen LogP) is 3.22. The van der Waals surface area contributed by atoms with Gasteiger partial charge in [-0.15, -0.1) is 11.3 Å². The highest BCUT2D eigenvalue weighted by Crippen LogP contribution is 2.40. The molecule has 1 aromatic carbocycles. The van der Waals surface area contributed by atoms with Crippen molar-refractivity contribution in [1.29, 1.82) is 0 Å². The lowest BCUT2D eigenvalue weighted by molar-refractivity contribution is -0.140. The maximum atomic E-state index is 11.5. The number of nitrogens with zero attached hydrogens (tertiary/aromatic N) is 2. The summed E-state index contributed by atoms with van der Waals surface area (Å²) < 4.78 is 0. The van der Waals surface area contributed by atoms with Crippen molar-refractivity contribution in [3.05, 3.63) is 41.0 Å². The summed E-state index contributed by atoms with van der Waals surface area (Å²) in [6, 6.07) is 8.71. The third-order valence-corrected chi connectivity index (χ3v) is 4.94. The summed E-state index contributed by atoms with van der Waals surface area (Å²) in [6.45, 7) is 5.21. The van der Waals surface area contributed by atoms with E-state index in [0.29, 0.717) is 11.6 Å². The molecule has 3 rings (SSSR count). The summed E-state index contributed by atoms with van der Waals surface area (Å²) in [4.78, 5) is 22.2. The molecule has 0 aliphatic carbocycles. The van der Waals surface area contributed by atoms with Crippen LogP contribution in [-0.4, -0.2) is 38.3 Å². The minimum atomic E-state index is -1.15. The molecule has 0 amide bonds. The zero-order valence-electron chi connectivity index (χ0n) is 14.1. The molecule has 2 aromatic heterocycles. The molecule has 2 heterocycles. The van der Waals surface area contributed by atoms with Gasteiger partial charge in [0.1, 0.15) is 16.5 Å². The first-order valence-corrected chi connectivity index (χ1v) is 8.70. The number of anilines is 1. The first kappa shape index (κ1) is 17.3. The van der Waals surface area contributed by atoms with Crippen LogP contribution in [0.1, 0.15) is 17.6 Å². The van der Waals surface area contributed by atoms with Gasteiger partial charge >= 0.3 is 5.97 Å². The van der Waals surface area contributed by atoms with E-state index in [4.69, 9.17) is 0 Å². The van der Waals surface area contributed by atoms with Gasteiger partial charge in [0, 0.05) is 10.4 Å². The number of carboxylic acids is 1. The first-order chi connectivity index (χ1) is 11.9. The molecule has 0 spiro atoms. The fraction of sp³-hybridized carbons (Fsp3) is 0.278. The molecule has 0 aliphatic rings. The number of aliphatic hydroxyl groups is 1. The zero-order valence-corrected chi connectivity index (χ0v) is 15.0. The highest BCUT2D eigenvalue weighted by atomic mass is 32.1. The summed E-state index contributed by atoms with van der Waals surface area (Å²) in [5.74, 6) is -0.155. The number of hydrogen-bond donors (Lipinski definition) is 3. The highest BCUT2D eigenvalue weighted by Gasteiger charge is 2.26. The molecule has 0 bridgehead atoms. The van der Waals surface area contributed by atoms with Gasteiger partial charge in [-0.25, -0.2) is 14.8 Å². The van der Waals surface area contributed by atoms with Crippen LogP contribution in [0.15, 0.2) is 30.3 Å². The van der Waals surface area contributed by atoms with Crippen LogP contribution in [0.3, 0.4) is 0 Å². The summed E-state index contributed by atoms with van der Waals surface area (Å²) in [6.07, 6.45) is -1.07. The Morgan fingerprint density at radius 3 is 2.48 bits per heavy atom. The van der Waals surface area contributed by atoms with E-state index < -0.39 is 18.1 Å². The van der Waals surface area contributed by atoms with E-state index >= 15 is 0 Å². The molecule has 0 saturated carbocycles. The van der Waals surface area contributed by atoms with Gasteiger partial charge in [0.2, 0.25) is 0 Å². The average Bonchev–Trinajstić information content (AvgIpc) is 2.88. The Kier molecular flexibility index (Phi) is 4.69. The number of hydrogen-bond acceptors (Lipinski definition) is 6. The van der Waals surface area contributed by atoms with E-state index in [0.717, 1.165) is 26.2 Å². The molecule has 0 radical (unpaired) electrons. The topological polar surface area (TPSA) is 95.3 Å². The summed E-state index contributed by atoms with van der Waals surface area (Å²) >= 11 is 1.54. The summed E-state index contributed by atoms with van der Waals surface area (Å²) in [7, 11) is 0. The van der Waals surface area contributed by atoms with Gasteiger partial charge in [0.05, 0.1) is 11.5 Å². The van der Waals surface area contributed by atoms with Crippen LogP contribution in [0.5, 0.6) is 0 Å². The van der Waals surface area contributed by atoms with Crippen molar-refractivity contribution >= 4 is 33.3 Å². The minimum Gasteiger partial charge on any atom is -0.480 e. The molecular formula is C18H19N3O3S. The predicted molar refractivity (Wildman–Crippen MR) is 99.1 cm³/mol. The van der Waals surface area contributed by atoms with Gasteiger partial charge in [-0.05, 0) is 26.3 Å². The Bertz CT molecular complexity index is 922. The number of aromatic nitrogens is 2. The molecular weight excluding hydrogens is 338 g/mol. The molecule has 2 unspecified atom stereocenters. The molecule has 25 heavy (non-hydrogen) atoms. The van der Waals surface area contributed by atoms with E-state index in [2.05, 4.69) is 15.3 Å². The van der Waals surface area contributed by atoms with Crippen molar-refractivity contribution in [2.45, 2.75) is 32.9 Å². The van der Waals surface area contributed by atoms with E-state index in [-0.39, 0.29) is 0 Å². The first-order valence-electron chi connectivity index (χ1n) is 7.89. The van der Waals surface area contributed by atoms with Crippen LogP contribution in [0.4, 0.5) is 5.82 Å². The molecule has 0 aliphatic heterocycles. The number of nitrogens with one attached hydrogen (secondary N) is 1. The molecule has 3 aromatic rings. The lowest BCUT2D eigenvalue weighted by Crippen LogP contribution is -2.39. The standard InChI is InChI=1S/C18H19N3O3S/c1-9(22)15(18(23)24)21-16-14-13(12-7-5-4-6-8-12)10(2)25-17(14)20-11(3)19-16/h4-9,15,22H,1-3H3,(H,23,24)(H,19,20,21). The van der Waals surface area contributed by atoms with E-state index in [1.807, 2.05) is 37.3 Å². The second-order valence-electron chi connectivity index (χ2n) is 5.90. The number of rotatable bonds is 5. The zero-order chi connectivity index (χ0) is 18.1. The Balaban J connectivity index is 2.23. The fourth-order valence-corrected chi connectivity index (χ4v) is 3.90. The van der Waals surface area contributed by atoms with Gasteiger partial charge < -0.3 is 15.5 Å². The van der Waals surface area contributed by atoms with Crippen molar-refractivity contribution in [2.24, 2.45) is 0 Å². The number of carboxylic acid groups (broad SMARTS) is 1. The number of aryl methyl sites for hydroxylation is 2. The molecule has 0 saturated heterocycles. The Labute approximate surface area is 149 Å². The number of aliphatic carboxylic acids is 1. The normalized spacial score (nSPS) is 13.6. The van der Waals surface area contributed by atoms with Crippen LogP contribution in [0.2, 0.25) is 0 Å². The van der Waals surface area contributed by atoms with Gasteiger partial charge in [-0.2, -0.15) is 0 Å². The van der Waals surface area contributed by atoms with Crippen molar-refractivity contribution in [3.63, 3.8) is 0 Å². The smallest absolute Gasteiger partial charge is 0.328 e. The number of fused-ring (bicyclic) bond motifs is 1. The van der Waals surface area contributed by atoms with Crippen LogP contribution < -0.4 is 5.32 Å². The van der Waals surface area contributed by atoms with Crippen LogP contribution in [0, 0.1) is 13.8 Å². The number of aliphatic hydroxyl groups excluding tert-OH is 1. The molecule has 3 N–H and O–H groups in total.